The molecule has 2 aliphatic rings. The van der Waals surface area contributed by atoms with Gasteiger partial charge >= 0.3 is 0 Å². The van der Waals surface area contributed by atoms with Crippen molar-refractivity contribution in [3.8, 4) is 0 Å². The Bertz CT molecular complexity index is 916. The number of hydrogen-bond acceptors (Lipinski definition) is 7. The molecule has 0 radical (unpaired) electrons. The summed E-state index contributed by atoms with van der Waals surface area (Å²) >= 11 is 0. The number of amides is 1. The van der Waals surface area contributed by atoms with E-state index in [1.54, 1.807) is 23.2 Å². The van der Waals surface area contributed by atoms with Gasteiger partial charge in [-0.15, -0.1) is 5.10 Å². The minimum Gasteiger partial charge on any atom is -0.370 e. The molecular weight excluding hydrogens is 384 g/mol. The molecule has 1 aromatic heterocycles. The minimum atomic E-state index is -0.469. The molecule has 2 aliphatic heterocycles. The maximum absolute atomic E-state index is 12.9. The average Bonchev–Trinajstić information content (AvgIpc) is 3.33. The van der Waals surface area contributed by atoms with Gasteiger partial charge in [0.2, 0.25) is 0 Å². The Morgan fingerprint density at radius 2 is 2.00 bits per heavy atom. The largest absolute Gasteiger partial charge is 0.370 e. The summed E-state index contributed by atoms with van der Waals surface area (Å²) in [5, 5.41) is 19.7. The van der Waals surface area contributed by atoms with Gasteiger partial charge < -0.3 is 14.7 Å². The summed E-state index contributed by atoms with van der Waals surface area (Å²) in [6.45, 7) is 3.01. The Morgan fingerprint density at radius 1 is 1.20 bits per heavy atom. The maximum Gasteiger partial charge on any atom is 0.282 e. The number of hydrogen-bond donors (Lipinski definition) is 0. The van der Waals surface area contributed by atoms with E-state index in [4.69, 9.17) is 0 Å². The number of piperidine rings is 1. The average molecular weight is 410 g/mol. The smallest absolute Gasteiger partial charge is 0.282 e. The Balaban J connectivity index is 1.57. The number of benzene rings is 1. The van der Waals surface area contributed by atoms with Crippen molar-refractivity contribution in [3.05, 3.63) is 52.2 Å². The molecule has 2 saturated heterocycles. The van der Waals surface area contributed by atoms with Gasteiger partial charge in [-0.25, -0.2) is 0 Å². The van der Waals surface area contributed by atoms with Crippen LogP contribution in [0, 0.1) is 10.1 Å². The van der Waals surface area contributed by atoms with E-state index in [1.807, 2.05) is 19.2 Å². The fraction of sp³-hybridized carbons (Fsp3) is 0.476. The van der Waals surface area contributed by atoms with Crippen molar-refractivity contribution in [1.29, 1.82) is 0 Å². The molecular formula is C21H26N6O3. The number of aromatic nitrogens is 2. The number of likely N-dealkylation sites (tertiary alicyclic amines) is 1. The number of nitrogens with zero attached hydrogens (tertiary/aromatic N) is 6. The fourth-order valence-corrected chi connectivity index (χ4v) is 4.32. The van der Waals surface area contributed by atoms with E-state index < -0.39 is 4.92 Å². The molecule has 1 unspecified atom stereocenters. The Labute approximate surface area is 175 Å². The molecule has 1 atom stereocenters. The highest BCUT2D eigenvalue weighted by Crippen LogP contribution is 2.30. The summed E-state index contributed by atoms with van der Waals surface area (Å²) in [6, 6.07) is 8.91. The molecule has 158 valence electrons. The molecule has 4 rings (SSSR count). The molecule has 2 fully saturated rings. The summed E-state index contributed by atoms with van der Waals surface area (Å²) in [5.41, 5.74) is 0.857. The maximum atomic E-state index is 12.9. The number of likely N-dealkylation sites (N-methyl/N-ethyl adjacent to an activating group) is 1. The van der Waals surface area contributed by atoms with Gasteiger partial charge in [0.15, 0.2) is 5.82 Å². The van der Waals surface area contributed by atoms with Crippen LogP contribution in [-0.2, 0) is 0 Å². The van der Waals surface area contributed by atoms with Gasteiger partial charge in [-0.1, -0.05) is 0 Å². The molecule has 0 bridgehead atoms. The number of carbonyl (C=O) groups is 1. The van der Waals surface area contributed by atoms with E-state index in [1.165, 1.54) is 6.07 Å². The second-order valence-electron chi connectivity index (χ2n) is 7.89. The van der Waals surface area contributed by atoms with Crippen LogP contribution in [-0.4, -0.2) is 65.2 Å². The van der Waals surface area contributed by atoms with E-state index in [-0.39, 0.29) is 23.2 Å². The van der Waals surface area contributed by atoms with Crippen molar-refractivity contribution in [2.24, 2.45) is 0 Å². The van der Waals surface area contributed by atoms with Crippen LogP contribution >= 0.6 is 0 Å². The Kier molecular flexibility index (Phi) is 5.78. The second kappa shape index (κ2) is 8.64. The molecule has 0 saturated carbocycles. The van der Waals surface area contributed by atoms with Crippen LogP contribution in [0.2, 0.25) is 0 Å². The van der Waals surface area contributed by atoms with Crippen LogP contribution in [0.4, 0.5) is 17.2 Å². The summed E-state index contributed by atoms with van der Waals surface area (Å²) in [6.07, 6.45) is 5.56. The van der Waals surface area contributed by atoms with Crippen LogP contribution in [0.25, 0.3) is 0 Å². The second-order valence-corrected chi connectivity index (χ2v) is 7.89. The highest BCUT2D eigenvalue weighted by molar-refractivity contribution is 5.99. The van der Waals surface area contributed by atoms with Gasteiger partial charge in [0, 0.05) is 57.2 Å². The quantitative estimate of drug-likeness (QED) is 0.552. The van der Waals surface area contributed by atoms with Crippen LogP contribution in [0.5, 0.6) is 0 Å². The summed E-state index contributed by atoms with van der Waals surface area (Å²) in [4.78, 5) is 30.0. The predicted octanol–water partition coefficient (Wildman–Crippen LogP) is 2.73. The first-order valence-electron chi connectivity index (χ1n) is 10.4. The lowest BCUT2D eigenvalue weighted by Gasteiger charge is -2.39. The molecule has 30 heavy (non-hydrogen) atoms. The zero-order valence-electron chi connectivity index (χ0n) is 17.1. The third kappa shape index (κ3) is 4.05. The van der Waals surface area contributed by atoms with Crippen LogP contribution in [0.15, 0.2) is 36.5 Å². The lowest BCUT2D eigenvalue weighted by atomic mass is 10.0. The topological polar surface area (TPSA) is 95.7 Å². The Morgan fingerprint density at radius 3 is 2.70 bits per heavy atom. The number of nitro groups is 1. The first-order valence-corrected chi connectivity index (χ1v) is 10.4. The molecule has 1 amide bonds. The van der Waals surface area contributed by atoms with Crippen molar-refractivity contribution in [2.45, 2.75) is 31.7 Å². The lowest BCUT2D eigenvalue weighted by molar-refractivity contribution is -0.385. The van der Waals surface area contributed by atoms with Gasteiger partial charge in [0.1, 0.15) is 5.56 Å². The first kappa shape index (κ1) is 20.1. The standard InChI is InChI=1S/C21H26N6O3/c1-24(17-6-5-13-26(15-17)20-7-4-10-22-23-20)16-8-9-19(27(29)30)18(14-16)21(28)25-11-2-3-12-25/h4,7-10,14,17H,2-3,5-6,11-13,15H2,1H3. The molecule has 0 spiro atoms. The molecule has 0 aliphatic carbocycles. The van der Waals surface area contributed by atoms with Crippen molar-refractivity contribution >= 4 is 23.1 Å². The summed E-state index contributed by atoms with van der Waals surface area (Å²) in [7, 11) is 1.98. The number of nitro benzene ring substituents is 1. The van der Waals surface area contributed by atoms with E-state index in [0.717, 1.165) is 50.3 Å². The van der Waals surface area contributed by atoms with Crippen molar-refractivity contribution in [3.63, 3.8) is 0 Å². The van der Waals surface area contributed by atoms with Crippen LogP contribution < -0.4 is 9.80 Å². The van der Waals surface area contributed by atoms with Gasteiger partial charge in [-0.2, -0.15) is 5.10 Å². The van der Waals surface area contributed by atoms with E-state index >= 15 is 0 Å². The molecule has 3 heterocycles. The molecule has 0 N–H and O–H groups in total. The van der Waals surface area contributed by atoms with Crippen molar-refractivity contribution < 1.29 is 9.72 Å². The Hall–Kier alpha value is -3.23. The zero-order valence-corrected chi connectivity index (χ0v) is 17.1. The number of anilines is 2. The van der Waals surface area contributed by atoms with E-state index in [2.05, 4.69) is 20.0 Å². The van der Waals surface area contributed by atoms with Crippen LogP contribution in [0.3, 0.4) is 0 Å². The molecule has 1 aromatic carbocycles. The van der Waals surface area contributed by atoms with Gasteiger partial charge in [0.05, 0.1) is 4.92 Å². The number of carbonyl (C=O) groups excluding carboxylic acids is 1. The van der Waals surface area contributed by atoms with E-state index in [0.29, 0.717) is 13.1 Å². The molecule has 9 nitrogen and oxygen atoms in total. The highest BCUT2D eigenvalue weighted by Gasteiger charge is 2.29. The van der Waals surface area contributed by atoms with Gasteiger partial charge in [-0.3, -0.25) is 14.9 Å². The fourth-order valence-electron chi connectivity index (χ4n) is 4.32. The van der Waals surface area contributed by atoms with Gasteiger partial charge in [0.25, 0.3) is 11.6 Å². The summed E-state index contributed by atoms with van der Waals surface area (Å²) in [5.74, 6) is 0.600. The third-order valence-corrected chi connectivity index (χ3v) is 6.03. The first-order chi connectivity index (χ1) is 14.5. The molecule has 9 heteroatoms. The van der Waals surface area contributed by atoms with Crippen molar-refractivity contribution in [1.82, 2.24) is 15.1 Å². The number of rotatable bonds is 5. The SMILES string of the molecule is CN(c1ccc([N+](=O)[O-])c(C(=O)N2CCCC2)c1)C1CCCN(c2cccnn2)C1. The molecule has 2 aromatic rings. The normalized spacial score (nSPS) is 19.0. The van der Waals surface area contributed by atoms with Crippen LogP contribution in [0.1, 0.15) is 36.0 Å². The lowest BCUT2D eigenvalue weighted by Crippen LogP contribution is -2.47. The summed E-state index contributed by atoms with van der Waals surface area (Å²) < 4.78 is 0. The monoisotopic (exact) mass is 410 g/mol. The van der Waals surface area contributed by atoms with E-state index in [9.17, 15) is 14.9 Å². The minimum absolute atomic E-state index is 0.131. The third-order valence-electron chi connectivity index (χ3n) is 6.03. The zero-order chi connectivity index (χ0) is 21.1. The predicted molar refractivity (Wildman–Crippen MR) is 114 cm³/mol. The highest BCUT2D eigenvalue weighted by atomic mass is 16.6. The van der Waals surface area contributed by atoms with Gasteiger partial charge in [-0.05, 0) is 49.9 Å². The van der Waals surface area contributed by atoms with Crippen molar-refractivity contribution in [2.75, 3.05) is 43.0 Å².